The monoisotopic (exact) mass is 590 g/mol. The molecule has 1 spiro atoms. The van der Waals surface area contributed by atoms with E-state index < -0.39 is 34.2 Å². The second kappa shape index (κ2) is 10.6. The SMILES string of the molecule is O=C(Nc1nc2c(c(N3CCC(F)(F)CC3)n1)CCC2)c1ccc(NS(=O)(=O)CCO)cc1N1CCC2(CC1)CC2. The van der Waals surface area contributed by atoms with Crippen molar-refractivity contribution in [1.29, 1.82) is 0 Å². The van der Waals surface area contributed by atoms with Crippen LogP contribution in [0.15, 0.2) is 18.2 Å². The number of aryl methyl sites for hydroxylation is 1. The zero-order chi connectivity index (χ0) is 28.8. The van der Waals surface area contributed by atoms with Gasteiger partial charge in [0.25, 0.3) is 11.8 Å². The summed E-state index contributed by atoms with van der Waals surface area (Å²) in [5, 5.41) is 12.0. The standard InChI is InChI=1S/C28H36F2N6O4S/c29-28(30)10-14-36(15-11-28)24-20-2-1-3-22(20)31-26(32-24)33-25(38)21-5-4-19(34-41(39,40)17-16-37)18-23(21)35-12-8-27(6-7-27)9-13-35/h4-5,18,34,37H,1-3,6-17H2,(H,31,32,33,38). The first-order chi connectivity index (χ1) is 19.6. The Bertz CT molecular complexity index is 1430. The van der Waals surface area contributed by atoms with Gasteiger partial charge in [0.15, 0.2) is 0 Å². The van der Waals surface area contributed by atoms with E-state index in [1.54, 1.807) is 12.1 Å². The fraction of sp³-hybridized carbons (Fsp3) is 0.607. The molecule has 4 aliphatic rings. The molecule has 2 aliphatic carbocycles. The van der Waals surface area contributed by atoms with Crippen LogP contribution in [-0.4, -0.2) is 73.9 Å². The highest BCUT2D eigenvalue weighted by atomic mass is 32.2. The van der Waals surface area contributed by atoms with Crippen molar-refractivity contribution in [2.75, 3.05) is 58.4 Å². The molecule has 0 bridgehead atoms. The van der Waals surface area contributed by atoms with Crippen LogP contribution in [0.2, 0.25) is 0 Å². The van der Waals surface area contributed by atoms with E-state index in [1.165, 1.54) is 18.9 Å². The highest BCUT2D eigenvalue weighted by molar-refractivity contribution is 7.92. The minimum Gasteiger partial charge on any atom is -0.395 e. The van der Waals surface area contributed by atoms with E-state index in [9.17, 15) is 22.0 Å². The third kappa shape index (κ3) is 6.11. The normalized spacial score (nSPS) is 21.0. The van der Waals surface area contributed by atoms with Crippen molar-refractivity contribution in [2.45, 2.75) is 63.7 Å². The minimum atomic E-state index is -3.74. The number of aromatic nitrogens is 2. The fourth-order valence-corrected chi connectivity index (χ4v) is 7.07. The van der Waals surface area contributed by atoms with Gasteiger partial charge in [-0.05, 0) is 68.6 Å². The zero-order valence-corrected chi connectivity index (χ0v) is 23.8. The van der Waals surface area contributed by atoms with Gasteiger partial charge >= 0.3 is 0 Å². The Morgan fingerprint density at radius 1 is 0.976 bits per heavy atom. The van der Waals surface area contributed by atoms with Crippen LogP contribution < -0.4 is 19.8 Å². The maximum Gasteiger partial charge on any atom is 0.260 e. The summed E-state index contributed by atoms with van der Waals surface area (Å²) in [6.07, 6.45) is 6.42. The Balaban J connectivity index is 1.28. The van der Waals surface area contributed by atoms with Crippen LogP contribution in [-0.2, 0) is 22.9 Å². The van der Waals surface area contributed by atoms with E-state index in [-0.39, 0.29) is 31.9 Å². The first kappa shape index (κ1) is 28.1. The van der Waals surface area contributed by atoms with Gasteiger partial charge in [-0.2, -0.15) is 4.98 Å². The van der Waals surface area contributed by atoms with Gasteiger partial charge in [-0.3, -0.25) is 14.8 Å². The van der Waals surface area contributed by atoms with Crippen LogP contribution in [0.1, 0.15) is 66.6 Å². The lowest BCUT2D eigenvalue weighted by atomic mass is 9.93. The van der Waals surface area contributed by atoms with Crippen molar-refractivity contribution in [3.8, 4) is 0 Å². The smallest absolute Gasteiger partial charge is 0.260 e. The average molecular weight is 591 g/mol. The second-order valence-corrected chi connectivity index (χ2v) is 13.7. The highest BCUT2D eigenvalue weighted by Gasteiger charge is 2.44. The molecule has 222 valence electrons. The summed E-state index contributed by atoms with van der Waals surface area (Å²) < 4.78 is 54.8. The number of rotatable bonds is 8. The molecule has 0 atom stereocenters. The predicted octanol–water partition coefficient (Wildman–Crippen LogP) is 3.57. The molecule has 13 heteroatoms. The summed E-state index contributed by atoms with van der Waals surface area (Å²) in [6, 6.07) is 4.78. The minimum absolute atomic E-state index is 0.136. The van der Waals surface area contributed by atoms with Gasteiger partial charge in [0.1, 0.15) is 5.82 Å². The summed E-state index contributed by atoms with van der Waals surface area (Å²) in [4.78, 5) is 26.9. The van der Waals surface area contributed by atoms with E-state index in [2.05, 4.69) is 24.9 Å². The van der Waals surface area contributed by atoms with Crippen LogP contribution in [0.5, 0.6) is 0 Å². The molecular formula is C28H36F2N6O4S. The van der Waals surface area contributed by atoms with Crippen molar-refractivity contribution in [3.05, 3.63) is 35.0 Å². The molecule has 2 aliphatic heterocycles. The number of fused-ring (bicyclic) bond motifs is 1. The molecule has 2 saturated heterocycles. The lowest BCUT2D eigenvalue weighted by Crippen LogP contribution is -2.40. The topological polar surface area (TPSA) is 128 Å². The summed E-state index contributed by atoms with van der Waals surface area (Å²) in [5.41, 5.74) is 3.51. The number of halogens is 2. The number of carbonyl (C=O) groups excluding carboxylic acids is 1. The van der Waals surface area contributed by atoms with Crippen LogP contribution >= 0.6 is 0 Å². The maximum atomic E-state index is 13.8. The van der Waals surface area contributed by atoms with Crippen molar-refractivity contribution in [2.24, 2.45) is 5.41 Å². The number of anilines is 4. The van der Waals surface area contributed by atoms with Gasteiger partial charge in [-0.15, -0.1) is 0 Å². The number of carbonyl (C=O) groups is 1. The first-order valence-corrected chi connectivity index (χ1v) is 16.0. The molecule has 1 aromatic carbocycles. The lowest BCUT2D eigenvalue weighted by Gasteiger charge is -2.35. The van der Waals surface area contributed by atoms with Crippen molar-refractivity contribution < 1.29 is 27.1 Å². The summed E-state index contributed by atoms with van der Waals surface area (Å²) in [6.45, 7) is 1.40. The van der Waals surface area contributed by atoms with Crippen molar-refractivity contribution in [1.82, 2.24) is 9.97 Å². The molecular weight excluding hydrogens is 554 g/mol. The van der Waals surface area contributed by atoms with Crippen LogP contribution in [0.25, 0.3) is 0 Å². The molecule has 1 aromatic heterocycles. The van der Waals surface area contributed by atoms with Gasteiger partial charge < -0.3 is 14.9 Å². The Hall–Kier alpha value is -3.06. The van der Waals surface area contributed by atoms with Gasteiger partial charge in [0, 0.05) is 44.6 Å². The summed E-state index contributed by atoms with van der Waals surface area (Å²) in [5.74, 6) is -2.77. The summed E-state index contributed by atoms with van der Waals surface area (Å²) >= 11 is 0. The number of alkyl halides is 2. The van der Waals surface area contributed by atoms with E-state index in [1.807, 2.05) is 4.90 Å². The molecule has 1 saturated carbocycles. The molecule has 0 radical (unpaired) electrons. The average Bonchev–Trinajstić information content (AvgIpc) is 3.50. The third-order valence-electron chi connectivity index (χ3n) is 8.93. The molecule has 0 unspecified atom stereocenters. The third-order valence-corrected chi connectivity index (χ3v) is 10.2. The largest absolute Gasteiger partial charge is 0.395 e. The Labute approximate surface area is 238 Å². The number of hydrogen-bond donors (Lipinski definition) is 3. The van der Waals surface area contributed by atoms with Gasteiger partial charge in [0.2, 0.25) is 16.0 Å². The predicted molar refractivity (Wildman–Crippen MR) is 152 cm³/mol. The molecule has 3 N–H and O–H groups in total. The number of hydrogen-bond acceptors (Lipinski definition) is 8. The Morgan fingerprint density at radius 2 is 1.68 bits per heavy atom. The van der Waals surface area contributed by atoms with Gasteiger partial charge in [-0.25, -0.2) is 22.2 Å². The van der Waals surface area contributed by atoms with Crippen molar-refractivity contribution >= 4 is 39.1 Å². The number of nitrogens with one attached hydrogen (secondary N) is 2. The maximum absolute atomic E-state index is 13.8. The number of benzene rings is 1. The molecule has 3 fully saturated rings. The summed E-state index contributed by atoms with van der Waals surface area (Å²) in [7, 11) is -3.74. The van der Waals surface area contributed by atoms with E-state index >= 15 is 0 Å². The van der Waals surface area contributed by atoms with Crippen LogP contribution in [0.3, 0.4) is 0 Å². The number of aliphatic hydroxyl groups excluding tert-OH is 1. The van der Waals surface area contributed by atoms with E-state index in [4.69, 9.17) is 5.11 Å². The lowest BCUT2D eigenvalue weighted by molar-refractivity contribution is -0.0221. The van der Waals surface area contributed by atoms with E-state index in [0.717, 1.165) is 56.5 Å². The molecule has 3 heterocycles. The number of sulfonamides is 1. The van der Waals surface area contributed by atoms with Gasteiger partial charge in [-0.1, -0.05) is 0 Å². The molecule has 10 nitrogen and oxygen atoms in total. The second-order valence-electron chi connectivity index (χ2n) is 11.8. The first-order valence-electron chi connectivity index (χ1n) is 14.4. The Kier molecular flexibility index (Phi) is 7.29. The number of amides is 1. The molecule has 6 rings (SSSR count). The zero-order valence-electron chi connectivity index (χ0n) is 23.0. The van der Waals surface area contributed by atoms with Gasteiger partial charge in [0.05, 0.1) is 35.0 Å². The van der Waals surface area contributed by atoms with Crippen molar-refractivity contribution in [3.63, 3.8) is 0 Å². The number of piperidine rings is 2. The molecule has 41 heavy (non-hydrogen) atoms. The fourth-order valence-electron chi connectivity index (χ4n) is 6.24. The van der Waals surface area contributed by atoms with E-state index in [0.29, 0.717) is 28.2 Å². The molecule has 2 aromatic rings. The number of aliphatic hydroxyl groups is 1. The molecule has 1 amide bonds. The van der Waals surface area contributed by atoms with Crippen LogP contribution in [0.4, 0.5) is 31.9 Å². The quantitative estimate of drug-likeness (QED) is 0.426. The number of nitrogens with zero attached hydrogens (tertiary/aromatic N) is 4. The highest BCUT2D eigenvalue weighted by Crippen LogP contribution is 2.54. The Morgan fingerprint density at radius 3 is 2.37 bits per heavy atom. The van der Waals surface area contributed by atoms with Crippen LogP contribution in [0, 0.1) is 5.41 Å².